The molecule has 0 aliphatic heterocycles. The molecule has 2 rings (SSSR count). The van der Waals surface area contributed by atoms with Crippen molar-refractivity contribution in [2.75, 3.05) is 13.1 Å². The average Bonchev–Trinajstić information content (AvgIpc) is 3.37. The molecule has 0 bridgehead atoms. The second-order valence-corrected chi connectivity index (χ2v) is 8.13. The van der Waals surface area contributed by atoms with Crippen molar-refractivity contribution in [1.82, 2.24) is 9.62 Å². The highest BCUT2D eigenvalue weighted by atomic mass is 32.2. The highest BCUT2D eigenvalue weighted by molar-refractivity contribution is 7.89. The fraction of sp³-hybridized carbons (Fsp3) is 0.529. The second kappa shape index (κ2) is 7.53. The van der Waals surface area contributed by atoms with E-state index in [-0.39, 0.29) is 16.4 Å². The summed E-state index contributed by atoms with van der Waals surface area (Å²) in [6.45, 7) is 5.84. The molecule has 1 saturated carbocycles. The van der Waals surface area contributed by atoms with Gasteiger partial charge in [0.2, 0.25) is 10.0 Å². The Morgan fingerprint density at radius 1 is 1.28 bits per heavy atom. The number of hydrogen-bond acceptors (Lipinski definition) is 4. The number of carboxylic acids is 1. The lowest BCUT2D eigenvalue weighted by molar-refractivity contribution is -0.139. The van der Waals surface area contributed by atoms with E-state index in [9.17, 15) is 23.1 Å². The highest BCUT2D eigenvalue weighted by Gasteiger charge is 2.37. The zero-order valence-corrected chi connectivity index (χ0v) is 15.5. The van der Waals surface area contributed by atoms with E-state index in [0.29, 0.717) is 18.7 Å². The van der Waals surface area contributed by atoms with Gasteiger partial charge < -0.3 is 10.4 Å². The van der Waals surface area contributed by atoms with Gasteiger partial charge in [0.1, 0.15) is 6.04 Å². The molecule has 0 heterocycles. The van der Waals surface area contributed by atoms with Crippen molar-refractivity contribution in [3.05, 3.63) is 29.3 Å². The van der Waals surface area contributed by atoms with Gasteiger partial charge in [0.15, 0.2) is 0 Å². The van der Waals surface area contributed by atoms with Gasteiger partial charge in [-0.1, -0.05) is 19.9 Å². The van der Waals surface area contributed by atoms with Gasteiger partial charge in [-0.25, -0.2) is 13.2 Å². The quantitative estimate of drug-likeness (QED) is 0.726. The summed E-state index contributed by atoms with van der Waals surface area (Å²) in [6, 6.07) is 3.42. The lowest BCUT2D eigenvalue weighted by Crippen LogP contribution is -2.42. The first-order valence-corrected chi connectivity index (χ1v) is 9.80. The first-order valence-electron chi connectivity index (χ1n) is 8.36. The summed E-state index contributed by atoms with van der Waals surface area (Å²) in [5, 5.41) is 11.8. The third-order valence-electron chi connectivity index (χ3n) is 4.44. The van der Waals surface area contributed by atoms with Gasteiger partial charge >= 0.3 is 5.97 Å². The summed E-state index contributed by atoms with van der Waals surface area (Å²) in [4.78, 5) is 23.9. The minimum Gasteiger partial charge on any atom is -0.480 e. The number of carbonyl (C=O) groups excluding carboxylic acids is 1. The molecule has 0 radical (unpaired) electrons. The van der Waals surface area contributed by atoms with Crippen LogP contribution in [0.15, 0.2) is 23.1 Å². The zero-order chi connectivity index (χ0) is 18.8. The molecule has 0 saturated heterocycles. The summed E-state index contributed by atoms with van der Waals surface area (Å²) >= 11 is 0. The van der Waals surface area contributed by atoms with Crippen molar-refractivity contribution in [2.45, 2.75) is 44.6 Å². The Kier molecular flexibility index (Phi) is 5.84. The van der Waals surface area contributed by atoms with Crippen molar-refractivity contribution in [3.63, 3.8) is 0 Å². The molecule has 1 unspecified atom stereocenters. The predicted octanol–water partition coefficient (Wildman–Crippen LogP) is 1.62. The minimum absolute atomic E-state index is 0.0326. The molecule has 25 heavy (non-hydrogen) atoms. The molecule has 0 spiro atoms. The maximum atomic E-state index is 12.6. The molecule has 1 aromatic rings. The normalized spacial score (nSPS) is 15.8. The van der Waals surface area contributed by atoms with Crippen molar-refractivity contribution in [3.8, 4) is 0 Å². The number of carboxylic acid groups (broad SMARTS) is 1. The van der Waals surface area contributed by atoms with E-state index in [1.54, 1.807) is 26.8 Å². The Hall–Kier alpha value is -1.93. The molecule has 1 aromatic carbocycles. The Bertz CT molecular complexity index is 767. The summed E-state index contributed by atoms with van der Waals surface area (Å²) < 4.78 is 26.6. The fourth-order valence-corrected chi connectivity index (χ4v) is 4.23. The number of carbonyl (C=O) groups is 2. The van der Waals surface area contributed by atoms with E-state index in [1.165, 1.54) is 16.4 Å². The summed E-state index contributed by atoms with van der Waals surface area (Å²) in [7, 11) is -3.69. The number of hydrogen-bond donors (Lipinski definition) is 2. The first kappa shape index (κ1) is 19.4. The van der Waals surface area contributed by atoms with Crippen LogP contribution in [-0.4, -0.2) is 48.8 Å². The molecule has 1 aliphatic carbocycles. The van der Waals surface area contributed by atoms with Crippen LogP contribution in [0.5, 0.6) is 0 Å². The van der Waals surface area contributed by atoms with Crippen LogP contribution in [-0.2, 0) is 14.8 Å². The van der Waals surface area contributed by atoms with Crippen LogP contribution in [0.4, 0.5) is 0 Å². The molecule has 1 fully saturated rings. The van der Waals surface area contributed by atoms with Gasteiger partial charge in [-0.2, -0.15) is 4.31 Å². The van der Waals surface area contributed by atoms with Crippen molar-refractivity contribution >= 4 is 21.9 Å². The van der Waals surface area contributed by atoms with E-state index in [1.807, 2.05) is 0 Å². The predicted molar refractivity (Wildman–Crippen MR) is 92.9 cm³/mol. The van der Waals surface area contributed by atoms with E-state index in [0.717, 1.165) is 12.8 Å². The van der Waals surface area contributed by atoms with Crippen LogP contribution in [0.1, 0.15) is 42.6 Å². The molecule has 2 N–H and O–H groups in total. The smallest absolute Gasteiger partial charge is 0.326 e. The van der Waals surface area contributed by atoms with Gasteiger partial charge in [-0.3, -0.25) is 4.79 Å². The standard InChI is InChI=1S/C17H24N2O5S/c1-4-19(5-2)25(23,24)13-9-6-11(3)14(10-13)16(20)18-15(17(21)22)12-7-8-12/h6,9-10,12,15H,4-5,7-8H2,1-3H3,(H,18,20)(H,21,22). The van der Waals surface area contributed by atoms with E-state index in [4.69, 9.17) is 0 Å². The molecule has 7 nitrogen and oxygen atoms in total. The average molecular weight is 368 g/mol. The molecule has 1 amide bonds. The van der Waals surface area contributed by atoms with Gasteiger partial charge in [-0.05, 0) is 43.4 Å². The van der Waals surface area contributed by atoms with E-state index >= 15 is 0 Å². The van der Waals surface area contributed by atoms with Crippen LogP contribution in [0.3, 0.4) is 0 Å². The van der Waals surface area contributed by atoms with Crippen LogP contribution < -0.4 is 5.32 Å². The first-order chi connectivity index (χ1) is 11.7. The monoisotopic (exact) mass is 368 g/mol. The zero-order valence-electron chi connectivity index (χ0n) is 14.7. The minimum atomic E-state index is -3.69. The topological polar surface area (TPSA) is 104 Å². The van der Waals surface area contributed by atoms with Crippen LogP contribution >= 0.6 is 0 Å². The lowest BCUT2D eigenvalue weighted by atomic mass is 10.1. The largest absolute Gasteiger partial charge is 0.480 e. The third-order valence-corrected chi connectivity index (χ3v) is 6.49. The molecule has 1 atom stereocenters. The van der Waals surface area contributed by atoms with Crippen molar-refractivity contribution in [2.24, 2.45) is 5.92 Å². The molecule has 1 aliphatic rings. The van der Waals surface area contributed by atoms with Crippen LogP contribution in [0.2, 0.25) is 0 Å². The molecule has 8 heteroatoms. The van der Waals surface area contributed by atoms with Gasteiger partial charge in [0, 0.05) is 18.7 Å². The maximum absolute atomic E-state index is 12.6. The lowest BCUT2D eigenvalue weighted by Gasteiger charge is -2.20. The number of nitrogens with one attached hydrogen (secondary N) is 1. The van der Waals surface area contributed by atoms with Crippen molar-refractivity contribution in [1.29, 1.82) is 0 Å². The molecule has 0 aromatic heterocycles. The van der Waals surface area contributed by atoms with E-state index < -0.39 is 27.9 Å². The SMILES string of the molecule is CCN(CC)S(=O)(=O)c1ccc(C)c(C(=O)NC(C(=O)O)C2CC2)c1. The second-order valence-electron chi connectivity index (χ2n) is 6.19. The molecular weight excluding hydrogens is 344 g/mol. The Labute approximate surface area is 148 Å². The van der Waals surface area contributed by atoms with Crippen LogP contribution in [0, 0.1) is 12.8 Å². The fourth-order valence-electron chi connectivity index (χ4n) is 2.75. The number of amides is 1. The number of benzene rings is 1. The van der Waals surface area contributed by atoms with Gasteiger partial charge in [-0.15, -0.1) is 0 Å². The number of nitrogens with zero attached hydrogens (tertiary/aromatic N) is 1. The number of sulfonamides is 1. The Morgan fingerprint density at radius 3 is 2.36 bits per heavy atom. The van der Waals surface area contributed by atoms with Crippen LogP contribution in [0.25, 0.3) is 0 Å². The Morgan fingerprint density at radius 2 is 1.88 bits per heavy atom. The summed E-state index contributed by atoms with van der Waals surface area (Å²) in [6.07, 6.45) is 1.54. The number of aliphatic carboxylic acids is 1. The maximum Gasteiger partial charge on any atom is 0.326 e. The van der Waals surface area contributed by atoms with Gasteiger partial charge in [0.05, 0.1) is 4.90 Å². The summed E-state index contributed by atoms with van der Waals surface area (Å²) in [5.41, 5.74) is 0.774. The number of aryl methyl sites for hydroxylation is 1. The summed E-state index contributed by atoms with van der Waals surface area (Å²) in [5.74, 6) is -1.68. The third kappa shape index (κ3) is 4.19. The number of rotatable bonds is 8. The van der Waals surface area contributed by atoms with Crippen molar-refractivity contribution < 1.29 is 23.1 Å². The molecule has 138 valence electrons. The Balaban J connectivity index is 2.32. The van der Waals surface area contributed by atoms with Gasteiger partial charge in [0.25, 0.3) is 5.91 Å². The van der Waals surface area contributed by atoms with E-state index in [2.05, 4.69) is 5.32 Å². The highest BCUT2D eigenvalue weighted by Crippen LogP contribution is 2.33. The molecular formula is C17H24N2O5S.